The van der Waals surface area contributed by atoms with Crippen molar-refractivity contribution in [3.05, 3.63) is 59.4 Å². The number of nitrogens with two attached hydrogens (primary N) is 1. The first kappa shape index (κ1) is 19.2. The van der Waals surface area contributed by atoms with E-state index in [-0.39, 0.29) is 0 Å². The Balaban J connectivity index is 1.60. The van der Waals surface area contributed by atoms with Gasteiger partial charge in [-0.2, -0.15) is 5.10 Å². The number of hydrogen-bond donors (Lipinski definition) is 3. The Hall–Kier alpha value is -3.55. The summed E-state index contributed by atoms with van der Waals surface area (Å²) < 4.78 is 10.6. The second-order valence-corrected chi connectivity index (χ2v) is 6.19. The Morgan fingerprint density at radius 1 is 1.11 bits per heavy atom. The molecular formula is C20H24N6O2. The molecule has 1 aromatic heterocycles. The standard InChI is InChI=1S/C20H24N6O2/c1-13-24-19(26-25-13)16-6-4-5-14(9-16)11-22-20(21)23-12-15-7-8-17(27-2)18(10-15)28-3/h4-10H,11-12H2,1-3H3,(H3,21,22,23)(H,24,25,26). The van der Waals surface area contributed by atoms with Crippen molar-refractivity contribution in [2.45, 2.75) is 20.0 Å². The van der Waals surface area contributed by atoms with Gasteiger partial charge in [0, 0.05) is 12.1 Å². The number of nitrogens with zero attached hydrogens (tertiary/aromatic N) is 3. The molecule has 2 aromatic carbocycles. The molecule has 0 unspecified atom stereocenters. The number of nitrogens with one attached hydrogen (secondary N) is 2. The van der Waals surface area contributed by atoms with Crippen LogP contribution in [-0.4, -0.2) is 35.4 Å². The van der Waals surface area contributed by atoms with Crippen LogP contribution in [0.15, 0.2) is 47.5 Å². The Bertz CT molecular complexity index is 967. The van der Waals surface area contributed by atoms with Gasteiger partial charge in [0.25, 0.3) is 0 Å². The van der Waals surface area contributed by atoms with Gasteiger partial charge in [0.15, 0.2) is 23.3 Å². The molecule has 0 saturated heterocycles. The summed E-state index contributed by atoms with van der Waals surface area (Å²) in [4.78, 5) is 8.75. The molecule has 0 radical (unpaired) electrons. The number of H-pyrrole nitrogens is 1. The molecule has 4 N–H and O–H groups in total. The third-order valence-corrected chi connectivity index (χ3v) is 4.14. The van der Waals surface area contributed by atoms with Crippen molar-refractivity contribution in [1.29, 1.82) is 0 Å². The van der Waals surface area contributed by atoms with Crippen molar-refractivity contribution in [2.75, 3.05) is 14.2 Å². The number of hydrogen-bond acceptors (Lipinski definition) is 5. The van der Waals surface area contributed by atoms with Crippen LogP contribution in [-0.2, 0) is 13.1 Å². The van der Waals surface area contributed by atoms with Crippen LogP contribution in [0.2, 0.25) is 0 Å². The van der Waals surface area contributed by atoms with Crippen molar-refractivity contribution in [3.63, 3.8) is 0 Å². The van der Waals surface area contributed by atoms with E-state index in [1.807, 2.05) is 49.4 Å². The number of methoxy groups -OCH3 is 2. The zero-order valence-electron chi connectivity index (χ0n) is 16.2. The highest BCUT2D eigenvalue weighted by Gasteiger charge is 2.06. The topological polar surface area (TPSA) is 110 Å². The smallest absolute Gasteiger partial charge is 0.189 e. The van der Waals surface area contributed by atoms with E-state index < -0.39 is 0 Å². The van der Waals surface area contributed by atoms with Gasteiger partial charge < -0.3 is 20.5 Å². The fraction of sp³-hybridized carbons (Fsp3) is 0.250. The van der Waals surface area contributed by atoms with Gasteiger partial charge in [-0.3, -0.25) is 5.10 Å². The van der Waals surface area contributed by atoms with Gasteiger partial charge in [0.1, 0.15) is 5.82 Å². The summed E-state index contributed by atoms with van der Waals surface area (Å²) in [5.41, 5.74) is 8.98. The molecule has 8 heteroatoms. The van der Waals surface area contributed by atoms with Crippen LogP contribution in [0.1, 0.15) is 17.0 Å². The minimum Gasteiger partial charge on any atom is -0.493 e. The molecule has 0 atom stereocenters. The Morgan fingerprint density at radius 2 is 1.93 bits per heavy atom. The molecule has 1 heterocycles. The molecule has 0 amide bonds. The lowest BCUT2D eigenvalue weighted by atomic mass is 10.1. The van der Waals surface area contributed by atoms with E-state index in [4.69, 9.17) is 15.2 Å². The SMILES string of the molecule is COc1ccc(CNC(N)=NCc2cccc(-c3n[nH]c(C)n3)c2)cc1OC. The Kier molecular flexibility index (Phi) is 6.11. The monoisotopic (exact) mass is 380 g/mol. The normalized spacial score (nSPS) is 11.3. The van der Waals surface area contributed by atoms with Crippen LogP contribution >= 0.6 is 0 Å². The molecule has 0 aliphatic carbocycles. The van der Waals surface area contributed by atoms with E-state index in [2.05, 4.69) is 25.5 Å². The lowest BCUT2D eigenvalue weighted by molar-refractivity contribution is 0.354. The number of guanidine groups is 1. The molecule has 146 valence electrons. The predicted octanol–water partition coefficient (Wildman–Crippen LogP) is 2.40. The van der Waals surface area contributed by atoms with Gasteiger partial charge in [0.05, 0.1) is 20.8 Å². The Morgan fingerprint density at radius 3 is 2.64 bits per heavy atom. The van der Waals surface area contributed by atoms with Crippen molar-refractivity contribution < 1.29 is 9.47 Å². The van der Waals surface area contributed by atoms with E-state index in [1.54, 1.807) is 14.2 Å². The summed E-state index contributed by atoms with van der Waals surface area (Å²) in [6, 6.07) is 13.6. The maximum absolute atomic E-state index is 6.00. The maximum atomic E-state index is 6.00. The highest BCUT2D eigenvalue weighted by Crippen LogP contribution is 2.27. The number of aromatic nitrogens is 3. The quantitative estimate of drug-likeness (QED) is 0.429. The molecule has 0 bridgehead atoms. The lowest BCUT2D eigenvalue weighted by Crippen LogP contribution is -2.31. The number of aryl methyl sites for hydroxylation is 1. The largest absolute Gasteiger partial charge is 0.493 e. The average Bonchev–Trinajstić information content (AvgIpc) is 3.17. The number of aliphatic imine (C=N–C) groups is 1. The molecule has 0 spiro atoms. The van der Waals surface area contributed by atoms with Crippen LogP contribution < -0.4 is 20.5 Å². The van der Waals surface area contributed by atoms with Gasteiger partial charge in [-0.05, 0) is 36.2 Å². The van der Waals surface area contributed by atoms with Crippen LogP contribution in [0.5, 0.6) is 11.5 Å². The minimum absolute atomic E-state index is 0.369. The van der Waals surface area contributed by atoms with Crippen molar-refractivity contribution in [1.82, 2.24) is 20.5 Å². The summed E-state index contributed by atoms with van der Waals surface area (Å²) in [6.07, 6.45) is 0. The maximum Gasteiger partial charge on any atom is 0.189 e. The van der Waals surface area contributed by atoms with E-state index in [0.29, 0.717) is 36.4 Å². The predicted molar refractivity (Wildman–Crippen MR) is 108 cm³/mol. The highest BCUT2D eigenvalue weighted by molar-refractivity contribution is 5.77. The molecule has 0 aliphatic rings. The highest BCUT2D eigenvalue weighted by atomic mass is 16.5. The molecule has 3 rings (SSSR count). The Labute approximate surface area is 163 Å². The summed E-state index contributed by atoms with van der Waals surface area (Å²) in [7, 11) is 3.22. The zero-order chi connectivity index (χ0) is 19.9. The van der Waals surface area contributed by atoms with E-state index in [0.717, 1.165) is 22.5 Å². The summed E-state index contributed by atoms with van der Waals surface area (Å²) in [6.45, 7) is 2.86. The number of aromatic amines is 1. The number of rotatable bonds is 7. The van der Waals surface area contributed by atoms with Gasteiger partial charge in [-0.15, -0.1) is 0 Å². The second kappa shape index (κ2) is 8.90. The molecule has 3 aromatic rings. The molecule has 0 aliphatic heterocycles. The third kappa shape index (κ3) is 4.79. The fourth-order valence-corrected chi connectivity index (χ4v) is 2.70. The van der Waals surface area contributed by atoms with Gasteiger partial charge >= 0.3 is 0 Å². The first-order chi connectivity index (χ1) is 13.6. The fourth-order valence-electron chi connectivity index (χ4n) is 2.70. The van der Waals surface area contributed by atoms with Crippen LogP contribution in [0.4, 0.5) is 0 Å². The molecule has 0 saturated carbocycles. The number of benzene rings is 2. The first-order valence-electron chi connectivity index (χ1n) is 8.82. The van der Waals surface area contributed by atoms with Gasteiger partial charge in [-0.25, -0.2) is 9.98 Å². The van der Waals surface area contributed by atoms with Crippen LogP contribution in [0.3, 0.4) is 0 Å². The lowest BCUT2D eigenvalue weighted by Gasteiger charge is -2.10. The molecule has 28 heavy (non-hydrogen) atoms. The zero-order valence-corrected chi connectivity index (χ0v) is 16.2. The molecule has 0 fully saturated rings. The van der Waals surface area contributed by atoms with Gasteiger partial charge in [0.2, 0.25) is 0 Å². The minimum atomic E-state index is 0.369. The first-order valence-corrected chi connectivity index (χ1v) is 8.82. The van der Waals surface area contributed by atoms with E-state index >= 15 is 0 Å². The van der Waals surface area contributed by atoms with Crippen LogP contribution in [0, 0.1) is 6.92 Å². The molecule has 8 nitrogen and oxygen atoms in total. The van der Waals surface area contributed by atoms with Crippen molar-refractivity contribution in [2.24, 2.45) is 10.7 Å². The average molecular weight is 380 g/mol. The van der Waals surface area contributed by atoms with E-state index in [1.165, 1.54) is 0 Å². The van der Waals surface area contributed by atoms with Gasteiger partial charge in [-0.1, -0.05) is 24.3 Å². The summed E-state index contributed by atoms with van der Waals surface area (Å²) in [5.74, 6) is 3.18. The molecular weight excluding hydrogens is 356 g/mol. The second-order valence-electron chi connectivity index (χ2n) is 6.19. The third-order valence-electron chi connectivity index (χ3n) is 4.14. The van der Waals surface area contributed by atoms with Crippen molar-refractivity contribution in [3.8, 4) is 22.9 Å². The van der Waals surface area contributed by atoms with E-state index in [9.17, 15) is 0 Å². The summed E-state index contributed by atoms with van der Waals surface area (Å²) >= 11 is 0. The van der Waals surface area contributed by atoms with Crippen LogP contribution in [0.25, 0.3) is 11.4 Å². The van der Waals surface area contributed by atoms with Crippen molar-refractivity contribution >= 4 is 5.96 Å². The number of ether oxygens (including phenoxy) is 2. The summed E-state index contributed by atoms with van der Waals surface area (Å²) in [5, 5.41) is 10.1.